The number of benzene rings is 8. The summed E-state index contributed by atoms with van der Waals surface area (Å²) in [6.07, 6.45) is 3.86. The molecular formula is C46H24N2. The van der Waals surface area contributed by atoms with Gasteiger partial charge >= 0.3 is 0 Å². The highest BCUT2D eigenvalue weighted by Crippen LogP contribution is 2.55. The van der Waals surface area contributed by atoms with Crippen LogP contribution in [-0.2, 0) is 0 Å². The number of rotatable bonds is 2. The molecule has 0 spiro atoms. The zero-order chi connectivity index (χ0) is 31.1. The Hall–Kier alpha value is -6.38. The van der Waals surface area contributed by atoms with Crippen molar-refractivity contribution in [3.63, 3.8) is 0 Å². The maximum atomic E-state index is 5.08. The number of fused-ring (bicyclic) bond motifs is 8. The van der Waals surface area contributed by atoms with Crippen molar-refractivity contribution in [1.82, 2.24) is 9.97 Å². The smallest absolute Gasteiger partial charge is 0.0714 e. The minimum atomic E-state index is 0.988. The number of nitrogens with zero attached hydrogens (tertiary/aromatic N) is 2. The van der Waals surface area contributed by atoms with E-state index in [9.17, 15) is 0 Å². The molecule has 2 nitrogen and oxygen atoms in total. The minimum absolute atomic E-state index is 0.988. The third kappa shape index (κ3) is 2.91. The van der Waals surface area contributed by atoms with Gasteiger partial charge in [-0.1, -0.05) is 97.1 Å². The van der Waals surface area contributed by atoms with Gasteiger partial charge in [-0.15, -0.1) is 0 Å². The summed E-state index contributed by atoms with van der Waals surface area (Å²) in [5.74, 6) is 0. The maximum Gasteiger partial charge on any atom is 0.0714 e. The summed E-state index contributed by atoms with van der Waals surface area (Å²) in [6, 6.07) is 49.1. The molecule has 2 aromatic heterocycles. The Morgan fingerprint density at radius 3 is 1.67 bits per heavy atom. The van der Waals surface area contributed by atoms with Crippen molar-refractivity contribution in [1.29, 1.82) is 0 Å². The summed E-state index contributed by atoms with van der Waals surface area (Å²) in [7, 11) is 0. The van der Waals surface area contributed by atoms with E-state index < -0.39 is 0 Å². The Kier molecular flexibility index (Phi) is 4.49. The summed E-state index contributed by atoms with van der Waals surface area (Å²) in [5.41, 5.74) is 4.37. The van der Waals surface area contributed by atoms with Crippen LogP contribution in [0.25, 0.3) is 119 Å². The Morgan fingerprint density at radius 1 is 0.271 bits per heavy atom. The van der Waals surface area contributed by atoms with Gasteiger partial charge < -0.3 is 0 Å². The summed E-state index contributed by atoms with van der Waals surface area (Å²) in [6.45, 7) is 0. The van der Waals surface area contributed by atoms with Crippen LogP contribution >= 0.6 is 0 Å². The van der Waals surface area contributed by atoms with Crippen LogP contribution in [0.2, 0.25) is 0 Å². The Bertz CT molecular complexity index is 3250. The number of aromatic nitrogens is 2. The molecule has 48 heavy (non-hydrogen) atoms. The topological polar surface area (TPSA) is 25.8 Å². The van der Waals surface area contributed by atoms with E-state index in [1.807, 2.05) is 24.5 Å². The molecule has 12 aromatic rings. The van der Waals surface area contributed by atoms with E-state index in [-0.39, 0.29) is 0 Å². The van der Waals surface area contributed by atoms with Gasteiger partial charge in [0.05, 0.1) is 11.4 Å². The van der Waals surface area contributed by atoms with Crippen LogP contribution in [-0.4, -0.2) is 9.97 Å². The van der Waals surface area contributed by atoms with Gasteiger partial charge in [0.1, 0.15) is 0 Å². The zero-order valence-corrected chi connectivity index (χ0v) is 25.8. The van der Waals surface area contributed by atoms with Crippen LogP contribution in [0.4, 0.5) is 0 Å². The summed E-state index contributed by atoms with van der Waals surface area (Å²) >= 11 is 0. The van der Waals surface area contributed by atoms with Crippen LogP contribution in [0.5, 0.6) is 0 Å². The number of hydrogen-bond acceptors (Lipinski definition) is 2. The fourth-order valence-electron chi connectivity index (χ4n) is 9.19. The van der Waals surface area contributed by atoms with Gasteiger partial charge in [-0.25, -0.2) is 0 Å². The molecular weight excluding hydrogens is 581 g/mol. The predicted molar refractivity (Wildman–Crippen MR) is 204 cm³/mol. The largest absolute Gasteiger partial charge is 0.256 e. The Labute approximate surface area is 274 Å². The average molecular weight is 605 g/mol. The lowest BCUT2D eigenvalue weighted by Gasteiger charge is -2.18. The highest BCUT2D eigenvalue weighted by molar-refractivity contribution is 6.47. The van der Waals surface area contributed by atoms with Crippen LogP contribution < -0.4 is 0 Å². The van der Waals surface area contributed by atoms with Gasteiger partial charge in [0, 0.05) is 39.7 Å². The number of hydrogen-bond donors (Lipinski definition) is 0. The molecule has 0 radical (unpaired) electrons. The van der Waals surface area contributed by atoms with Gasteiger partial charge in [-0.05, 0) is 117 Å². The fraction of sp³-hybridized carbons (Fsp3) is 0. The molecule has 0 aliphatic rings. The summed E-state index contributed by atoms with van der Waals surface area (Å²) < 4.78 is 0. The molecule has 0 atom stereocenters. The lowest BCUT2D eigenvalue weighted by atomic mass is 9.86. The van der Waals surface area contributed by atoms with E-state index in [4.69, 9.17) is 9.97 Å². The van der Waals surface area contributed by atoms with Crippen molar-refractivity contribution in [2.24, 2.45) is 0 Å². The molecule has 0 unspecified atom stereocenters. The van der Waals surface area contributed by atoms with Crippen molar-refractivity contribution in [2.45, 2.75) is 0 Å². The first-order valence-corrected chi connectivity index (χ1v) is 16.6. The first-order chi connectivity index (χ1) is 23.8. The molecule has 0 fully saturated rings. The second-order valence-corrected chi connectivity index (χ2v) is 13.2. The summed E-state index contributed by atoms with van der Waals surface area (Å²) in [5, 5.41) is 23.1. The molecule has 2 heterocycles. The molecule has 0 amide bonds. The van der Waals surface area contributed by atoms with E-state index >= 15 is 0 Å². The quantitative estimate of drug-likeness (QED) is 0.183. The van der Waals surface area contributed by atoms with E-state index in [1.54, 1.807) is 0 Å². The lowest BCUT2D eigenvalue weighted by Crippen LogP contribution is -1.93. The third-order valence-corrected chi connectivity index (χ3v) is 10.9. The maximum absolute atomic E-state index is 5.08. The molecule has 2 heteroatoms. The molecule has 0 saturated carbocycles. The SMILES string of the molecule is c1ccc(-c2c3cc4c5ccccc5c5cccc(c3c(-c3ccccn3)c3c6ccc7ccc8cccc9cc(c23)c6c7c89)c54)nc1. The number of pyridine rings is 2. The van der Waals surface area contributed by atoms with Crippen LogP contribution in [0.15, 0.2) is 146 Å². The molecule has 0 aliphatic heterocycles. The third-order valence-electron chi connectivity index (χ3n) is 10.9. The molecule has 12 rings (SSSR count). The van der Waals surface area contributed by atoms with E-state index in [0.717, 1.165) is 11.4 Å². The lowest BCUT2D eigenvalue weighted by molar-refractivity contribution is 1.33. The van der Waals surface area contributed by atoms with E-state index in [0.29, 0.717) is 0 Å². The summed E-state index contributed by atoms with van der Waals surface area (Å²) in [4.78, 5) is 10.2. The average Bonchev–Trinajstić information content (AvgIpc) is 3.65. The van der Waals surface area contributed by atoms with Gasteiger partial charge in [0.25, 0.3) is 0 Å². The first kappa shape index (κ1) is 24.8. The molecule has 0 bridgehead atoms. The zero-order valence-electron chi connectivity index (χ0n) is 25.8. The van der Waals surface area contributed by atoms with Crippen LogP contribution in [0.3, 0.4) is 0 Å². The Balaban J connectivity index is 1.48. The van der Waals surface area contributed by atoms with Crippen LogP contribution in [0, 0.1) is 0 Å². The minimum Gasteiger partial charge on any atom is -0.256 e. The van der Waals surface area contributed by atoms with Crippen molar-refractivity contribution >= 4 is 97.0 Å². The van der Waals surface area contributed by atoms with Crippen molar-refractivity contribution in [2.75, 3.05) is 0 Å². The van der Waals surface area contributed by atoms with Gasteiger partial charge in [0.15, 0.2) is 0 Å². The molecule has 218 valence electrons. The second kappa shape index (κ2) is 8.70. The normalized spacial score (nSPS) is 12.6. The molecule has 10 aromatic carbocycles. The van der Waals surface area contributed by atoms with Crippen molar-refractivity contribution in [3.05, 3.63) is 146 Å². The fourth-order valence-corrected chi connectivity index (χ4v) is 9.19. The first-order valence-electron chi connectivity index (χ1n) is 16.6. The van der Waals surface area contributed by atoms with Gasteiger partial charge in [-0.2, -0.15) is 0 Å². The van der Waals surface area contributed by atoms with Crippen LogP contribution in [0.1, 0.15) is 0 Å². The van der Waals surface area contributed by atoms with Gasteiger partial charge in [0.2, 0.25) is 0 Å². The molecule has 0 N–H and O–H groups in total. The highest BCUT2D eigenvalue weighted by atomic mass is 14.7. The second-order valence-electron chi connectivity index (χ2n) is 13.2. The van der Waals surface area contributed by atoms with E-state index in [2.05, 4.69) is 121 Å². The van der Waals surface area contributed by atoms with E-state index in [1.165, 1.54) is 108 Å². The molecule has 0 saturated heterocycles. The van der Waals surface area contributed by atoms with Gasteiger partial charge in [-0.3, -0.25) is 9.97 Å². The highest BCUT2D eigenvalue weighted by Gasteiger charge is 2.28. The standard InChI is InChI=1S/C46H24N2/c1-2-12-29-28(11-1)30-13-8-14-31-40(30)33(29)24-35-42(31)46(37-16-4-6-22-48-37)44-32-20-19-26-18-17-25-9-7-10-27-23-34(41(32)39(26)38(25)27)45(44)43(35)36-15-3-5-21-47-36/h1-24H. The van der Waals surface area contributed by atoms with Crippen molar-refractivity contribution in [3.8, 4) is 22.5 Å². The monoisotopic (exact) mass is 604 g/mol. The predicted octanol–water partition coefficient (Wildman–Crippen LogP) is 12.5. The Morgan fingerprint density at radius 2 is 0.875 bits per heavy atom. The van der Waals surface area contributed by atoms with Crippen molar-refractivity contribution < 1.29 is 0 Å². The molecule has 0 aliphatic carbocycles.